The molecule has 98 valence electrons. The molecule has 0 bridgehead atoms. The van der Waals surface area contributed by atoms with Crippen LogP contribution in [0.2, 0.25) is 0 Å². The average Bonchev–Trinajstić information content (AvgIpc) is 2.95. The maximum atomic E-state index is 8.79. The third kappa shape index (κ3) is 3.41. The first-order valence-electron chi connectivity index (χ1n) is 6.08. The number of rotatable bonds is 7. The molecule has 2 aromatic rings. The van der Waals surface area contributed by atoms with Crippen molar-refractivity contribution < 1.29 is 5.11 Å². The Balaban J connectivity index is 1.70. The van der Waals surface area contributed by atoms with Gasteiger partial charge in [0.2, 0.25) is 0 Å². The van der Waals surface area contributed by atoms with Gasteiger partial charge in [0.05, 0.1) is 19.3 Å². The van der Waals surface area contributed by atoms with Crippen LogP contribution in [0.25, 0.3) is 0 Å². The summed E-state index contributed by atoms with van der Waals surface area (Å²) in [6.07, 6.45) is 8.45. The Morgan fingerprint density at radius 3 is 3.06 bits per heavy atom. The normalized spacial score (nSPS) is 11.0. The van der Waals surface area contributed by atoms with Crippen LogP contribution < -0.4 is 5.32 Å². The summed E-state index contributed by atoms with van der Waals surface area (Å²) < 4.78 is 3.77. The number of nitrogens with one attached hydrogen (secondary N) is 1. The Bertz CT molecular complexity index is 476. The molecule has 0 amide bonds. The van der Waals surface area contributed by atoms with Crippen LogP contribution in [0.5, 0.6) is 0 Å². The number of nitrogens with zero attached hydrogens (tertiary/aromatic N) is 4. The van der Waals surface area contributed by atoms with Gasteiger partial charge >= 0.3 is 0 Å². The quantitative estimate of drug-likeness (QED) is 0.675. The Morgan fingerprint density at radius 2 is 2.33 bits per heavy atom. The molecule has 0 fully saturated rings. The topological polar surface area (TPSA) is 67.9 Å². The maximum Gasteiger partial charge on any atom is 0.109 e. The predicted molar refractivity (Wildman–Crippen MR) is 67.9 cm³/mol. The molecule has 6 nitrogen and oxygen atoms in total. The van der Waals surface area contributed by atoms with E-state index in [1.165, 1.54) is 0 Å². The maximum absolute atomic E-state index is 8.79. The summed E-state index contributed by atoms with van der Waals surface area (Å²) in [5, 5.41) is 16.3. The first-order valence-corrected chi connectivity index (χ1v) is 6.08. The minimum Gasteiger partial charge on any atom is -0.394 e. The highest BCUT2D eigenvalue weighted by Gasteiger charge is 2.00. The Morgan fingerprint density at radius 1 is 1.44 bits per heavy atom. The van der Waals surface area contributed by atoms with E-state index in [0.29, 0.717) is 6.54 Å². The van der Waals surface area contributed by atoms with Gasteiger partial charge in [-0.05, 0) is 0 Å². The summed E-state index contributed by atoms with van der Waals surface area (Å²) >= 11 is 0. The van der Waals surface area contributed by atoms with E-state index in [-0.39, 0.29) is 6.61 Å². The smallest absolute Gasteiger partial charge is 0.109 e. The standard InChI is InChI=1S/C12H19N5O/c1-16-5-4-14-12(16)2-3-13-8-11-9-15-17(10-11)6-7-18/h4-5,9-10,13,18H,2-3,6-8H2,1H3. The highest BCUT2D eigenvalue weighted by atomic mass is 16.3. The lowest BCUT2D eigenvalue weighted by Crippen LogP contribution is -2.17. The van der Waals surface area contributed by atoms with E-state index < -0.39 is 0 Å². The lowest BCUT2D eigenvalue weighted by molar-refractivity contribution is 0.269. The third-order valence-electron chi connectivity index (χ3n) is 2.79. The molecular weight excluding hydrogens is 230 g/mol. The molecule has 0 radical (unpaired) electrons. The van der Waals surface area contributed by atoms with Crippen molar-refractivity contribution in [2.75, 3.05) is 13.2 Å². The largest absolute Gasteiger partial charge is 0.394 e. The Labute approximate surface area is 106 Å². The molecular formula is C12H19N5O. The predicted octanol–water partition coefficient (Wildman–Crippen LogP) is -0.0588. The van der Waals surface area contributed by atoms with Gasteiger partial charge in [0.1, 0.15) is 5.82 Å². The molecule has 0 spiro atoms. The second-order valence-corrected chi connectivity index (χ2v) is 4.22. The number of hydrogen-bond acceptors (Lipinski definition) is 4. The van der Waals surface area contributed by atoms with Gasteiger partial charge in [0, 0.05) is 50.7 Å². The summed E-state index contributed by atoms with van der Waals surface area (Å²) in [5.74, 6) is 1.08. The van der Waals surface area contributed by atoms with Gasteiger partial charge in [-0.1, -0.05) is 0 Å². The molecule has 2 rings (SSSR count). The second-order valence-electron chi connectivity index (χ2n) is 4.22. The molecule has 0 aliphatic carbocycles. The number of aliphatic hydroxyl groups excluding tert-OH is 1. The fourth-order valence-corrected chi connectivity index (χ4v) is 1.79. The number of hydrogen-bond donors (Lipinski definition) is 2. The molecule has 0 saturated heterocycles. The van der Waals surface area contributed by atoms with Gasteiger partial charge in [-0.3, -0.25) is 4.68 Å². The summed E-state index contributed by atoms with van der Waals surface area (Å²) in [6.45, 7) is 2.34. The number of aryl methyl sites for hydroxylation is 1. The number of imidazole rings is 1. The first-order chi connectivity index (χ1) is 8.79. The highest BCUT2D eigenvalue weighted by Crippen LogP contribution is 1.98. The molecule has 0 aliphatic heterocycles. The van der Waals surface area contributed by atoms with Crippen LogP contribution in [-0.2, 0) is 26.6 Å². The Hall–Kier alpha value is -1.66. The van der Waals surface area contributed by atoms with Crippen LogP contribution in [0.1, 0.15) is 11.4 Å². The Kier molecular flexibility index (Phi) is 4.49. The fourth-order valence-electron chi connectivity index (χ4n) is 1.79. The molecule has 0 aromatic carbocycles. The van der Waals surface area contributed by atoms with Crippen molar-refractivity contribution in [3.63, 3.8) is 0 Å². The monoisotopic (exact) mass is 249 g/mol. The van der Waals surface area contributed by atoms with Gasteiger partial charge in [-0.25, -0.2) is 4.98 Å². The zero-order valence-corrected chi connectivity index (χ0v) is 10.6. The van der Waals surface area contributed by atoms with Crippen molar-refractivity contribution in [2.24, 2.45) is 7.05 Å². The summed E-state index contributed by atoms with van der Waals surface area (Å²) in [6, 6.07) is 0. The van der Waals surface area contributed by atoms with Crippen LogP contribution in [0.4, 0.5) is 0 Å². The number of aromatic nitrogens is 4. The van der Waals surface area contributed by atoms with Gasteiger partial charge in [-0.2, -0.15) is 5.10 Å². The van der Waals surface area contributed by atoms with Crippen LogP contribution in [0.15, 0.2) is 24.8 Å². The van der Waals surface area contributed by atoms with Crippen LogP contribution in [0.3, 0.4) is 0 Å². The van der Waals surface area contributed by atoms with Crippen molar-refractivity contribution >= 4 is 0 Å². The minimum absolute atomic E-state index is 0.119. The van der Waals surface area contributed by atoms with Crippen molar-refractivity contribution in [3.05, 3.63) is 36.2 Å². The van der Waals surface area contributed by atoms with Crippen LogP contribution in [0, 0.1) is 0 Å². The van der Waals surface area contributed by atoms with Crippen molar-refractivity contribution in [2.45, 2.75) is 19.5 Å². The molecule has 0 aliphatic rings. The summed E-state index contributed by atoms with van der Waals surface area (Å²) in [4.78, 5) is 4.27. The molecule has 6 heteroatoms. The first kappa shape index (κ1) is 12.8. The van der Waals surface area contributed by atoms with E-state index in [9.17, 15) is 0 Å². The SMILES string of the molecule is Cn1ccnc1CCNCc1cnn(CCO)c1. The minimum atomic E-state index is 0.119. The van der Waals surface area contributed by atoms with Gasteiger partial charge < -0.3 is 15.0 Å². The van der Waals surface area contributed by atoms with Crippen molar-refractivity contribution in [1.82, 2.24) is 24.6 Å². The van der Waals surface area contributed by atoms with Crippen LogP contribution >= 0.6 is 0 Å². The molecule has 0 unspecified atom stereocenters. The highest BCUT2D eigenvalue weighted by molar-refractivity contribution is 5.03. The lowest BCUT2D eigenvalue weighted by Gasteiger charge is -2.03. The van der Waals surface area contributed by atoms with E-state index in [4.69, 9.17) is 5.11 Å². The van der Waals surface area contributed by atoms with E-state index in [1.54, 1.807) is 4.68 Å². The summed E-state index contributed by atoms with van der Waals surface area (Å²) in [5.41, 5.74) is 1.13. The van der Waals surface area contributed by atoms with E-state index in [1.807, 2.05) is 36.4 Å². The average molecular weight is 249 g/mol. The van der Waals surface area contributed by atoms with E-state index in [2.05, 4.69) is 15.4 Å². The fraction of sp³-hybridized carbons (Fsp3) is 0.500. The zero-order valence-electron chi connectivity index (χ0n) is 10.6. The number of aliphatic hydroxyl groups is 1. The lowest BCUT2D eigenvalue weighted by atomic mass is 10.3. The van der Waals surface area contributed by atoms with Crippen molar-refractivity contribution in [1.29, 1.82) is 0 Å². The van der Waals surface area contributed by atoms with Crippen molar-refractivity contribution in [3.8, 4) is 0 Å². The third-order valence-corrected chi connectivity index (χ3v) is 2.79. The molecule has 0 saturated carbocycles. The van der Waals surface area contributed by atoms with E-state index in [0.717, 1.165) is 30.9 Å². The molecule has 2 aromatic heterocycles. The van der Waals surface area contributed by atoms with Crippen LogP contribution in [-0.4, -0.2) is 37.6 Å². The second kappa shape index (κ2) is 6.32. The van der Waals surface area contributed by atoms with Gasteiger partial charge in [-0.15, -0.1) is 0 Å². The molecule has 2 N–H and O–H groups in total. The zero-order chi connectivity index (χ0) is 12.8. The summed E-state index contributed by atoms with van der Waals surface area (Å²) in [7, 11) is 2.00. The van der Waals surface area contributed by atoms with E-state index >= 15 is 0 Å². The molecule has 18 heavy (non-hydrogen) atoms. The van der Waals surface area contributed by atoms with Gasteiger partial charge in [0.15, 0.2) is 0 Å². The molecule has 0 atom stereocenters. The molecule has 2 heterocycles. The van der Waals surface area contributed by atoms with Gasteiger partial charge in [0.25, 0.3) is 0 Å².